The third-order valence-corrected chi connectivity index (χ3v) is 3.17. The molecule has 0 amide bonds. The Labute approximate surface area is 148 Å². The van der Waals surface area contributed by atoms with Crippen LogP contribution in [-0.4, -0.2) is 32.1 Å². The highest BCUT2D eigenvalue weighted by atomic mass is 127. The van der Waals surface area contributed by atoms with Crippen LogP contribution in [0, 0.1) is 0 Å². The molecule has 0 saturated heterocycles. The summed E-state index contributed by atoms with van der Waals surface area (Å²) in [5.74, 6) is 2.56. The van der Waals surface area contributed by atoms with Crippen LogP contribution >= 0.6 is 24.0 Å². The maximum atomic E-state index is 5.38. The van der Waals surface area contributed by atoms with Gasteiger partial charge in [0.2, 0.25) is 0 Å². The molecule has 1 aromatic heterocycles. The quantitative estimate of drug-likeness (QED) is 0.463. The maximum absolute atomic E-state index is 5.38. The number of benzene rings is 1. The average molecular weight is 415 g/mol. The smallest absolute Gasteiger partial charge is 0.194 e. The number of hydrogen-bond acceptors (Lipinski definition) is 3. The van der Waals surface area contributed by atoms with Gasteiger partial charge in [0.15, 0.2) is 5.96 Å². The van der Waals surface area contributed by atoms with Crippen LogP contribution in [0.15, 0.2) is 52.1 Å². The number of nitrogens with one attached hydrogen (secondary N) is 1. The summed E-state index contributed by atoms with van der Waals surface area (Å²) in [6.45, 7) is 1.32. The topological polar surface area (TPSA) is 50.0 Å². The molecule has 0 spiro atoms. The molecule has 0 bridgehead atoms. The first kappa shape index (κ1) is 18.3. The summed E-state index contributed by atoms with van der Waals surface area (Å²) in [7, 11) is 5.44. The highest BCUT2D eigenvalue weighted by Crippen LogP contribution is 2.18. The molecule has 1 aromatic carbocycles. The predicted molar refractivity (Wildman–Crippen MR) is 98.8 cm³/mol. The van der Waals surface area contributed by atoms with Crippen LogP contribution in [0.4, 0.5) is 0 Å². The Hall–Kier alpha value is -1.70. The number of methoxy groups -OCH3 is 1. The van der Waals surface area contributed by atoms with Crippen molar-refractivity contribution in [3.8, 4) is 5.75 Å². The largest absolute Gasteiger partial charge is 0.496 e. The summed E-state index contributed by atoms with van der Waals surface area (Å²) < 4.78 is 10.7. The molecule has 0 radical (unpaired) electrons. The van der Waals surface area contributed by atoms with Gasteiger partial charge in [0.25, 0.3) is 0 Å². The van der Waals surface area contributed by atoms with E-state index in [-0.39, 0.29) is 24.0 Å². The van der Waals surface area contributed by atoms with E-state index in [0.29, 0.717) is 13.1 Å². The lowest BCUT2D eigenvalue weighted by Crippen LogP contribution is -2.38. The molecule has 0 aliphatic rings. The Morgan fingerprint density at radius 2 is 2.05 bits per heavy atom. The van der Waals surface area contributed by atoms with Crippen LogP contribution in [0.3, 0.4) is 0 Å². The van der Waals surface area contributed by atoms with Gasteiger partial charge in [-0.2, -0.15) is 0 Å². The molecule has 120 valence electrons. The second-order valence-electron chi connectivity index (χ2n) is 4.65. The second kappa shape index (κ2) is 9.34. The average Bonchev–Trinajstić information content (AvgIpc) is 3.02. The Balaban J connectivity index is 0.00000242. The molecule has 0 aliphatic carbocycles. The van der Waals surface area contributed by atoms with Crippen LogP contribution in [-0.2, 0) is 13.1 Å². The molecule has 0 saturated carbocycles. The van der Waals surface area contributed by atoms with E-state index >= 15 is 0 Å². The third kappa shape index (κ3) is 4.94. The Bertz CT molecular complexity index is 585. The van der Waals surface area contributed by atoms with Crippen molar-refractivity contribution < 1.29 is 9.15 Å². The second-order valence-corrected chi connectivity index (χ2v) is 4.65. The molecule has 1 N–H and O–H groups in total. The molecule has 5 nitrogen and oxygen atoms in total. The normalized spacial score (nSPS) is 10.8. The highest BCUT2D eigenvalue weighted by Gasteiger charge is 2.10. The fourth-order valence-electron chi connectivity index (χ4n) is 2.13. The molecule has 0 aliphatic heterocycles. The molecule has 1 heterocycles. The number of rotatable bonds is 5. The van der Waals surface area contributed by atoms with Gasteiger partial charge in [-0.25, -0.2) is 0 Å². The maximum Gasteiger partial charge on any atom is 0.194 e. The third-order valence-electron chi connectivity index (χ3n) is 3.17. The van der Waals surface area contributed by atoms with E-state index in [1.165, 1.54) is 0 Å². The van der Waals surface area contributed by atoms with Crippen molar-refractivity contribution >= 4 is 29.9 Å². The Morgan fingerprint density at radius 3 is 2.68 bits per heavy atom. The summed E-state index contributed by atoms with van der Waals surface area (Å²) in [6.07, 6.45) is 1.67. The molecule has 2 rings (SSSR count). The fraction of sp³-hybridized carbons (Fsp3) is 0.312. The van der Waals surface area contributed by atoms with E-state index in [1.807, 2.05) is 42.3 Å². The van der Waals surface area contributed by atoms with Gasteiger partial charge in [-0.3, -0.25) is 4.99 Å². The van der Waals surface area contributed by atoms with Crippen molar-refractivity contribution in [1.82, 2.24) is 10.2 Å². The minimum Gasteiger partial charge on any atom is -0.496 e. The van der Waals surface area contributed by atoms with Gasteiger partial charge >= 0.3 is 0 Å². The zero-order chi connectivity index (χ0) is 15.1. The van der Waals surface area contributed by atoms with Gasteiger partial charge in [0, 0.05) is 26.2 Å². The van der Waals surface area contributed by atoms with Gasteiger partial charge < -0.3 is 19.4 Å². The standard InChI is InChI=1S/C16H21N3O2.HI/c1-17-16(18-11-14-8-6-10-21-14)19(2)12-13-7-4-5-9-15(13)20-3;/h4-10H,11-12H2,1-3H3,(H,17,18);1H. The molecular weight excluding hydrogens is 393 g/mol. The van der Waals surface area contributed by atoms with Crippen LogP contribution in [0.25, 0.3) is 0 Å². The number of halogens is 1. The van der Waals surface area contributed by atoms with E-state index in [2.05, 4.69) is 16.4 Å². The Kier molecular flexibility index (Phi) is 7.79. The van der Waals surface area contributed by atoms with Gasteiger partial charge in [0.05, 0.1) is 19.9 Å². The van der Waals surface area contributed by atoms with Crippen molar-refractivity contribution in [3.05, 3.63) is 54.0 Å². The van der Waals surface area contributed by atoms with E-state index in [9.17, 15) is 0 Å². The first-order chi connectivity index (χ1) is 10.2. The van der Waals surface area contributed by atoms with Crippen LogP contribution in [0.1, 0.15) is 11.3 Å². The molecule has 0 fully saturated rings. The first-order valence-electron chi connectivity index (χ1n) is 6.80. The molecule has 6 heteroatoms. The summed E-state index contributed by atoms with van der Waals surface area (Å²) in [5.41, 5.74) is 1.11. The monoisotopic (exact) mass is 415 g/mol. The minimum atomic E-state index is 0. The van der Waals surface area contributed by atoms with E-state index in [0.717, 1.165) is 23.0 Å². The Morgan fingerprint density at radius 1 is 1.27 bits per heavy atom. The van der Waals surface area contributed by atoms with Gasteiger partial charge in [-0.15, -0.1) is 24.0 Å². The van der Waals surface area contributed by atoms with Crippen molar-refractivity contribution in [2.24, 2.45) is 4.99 Å². The first-order valence-corrected chi connectivity index (χ1v) is 6.80. The number of furan rings is 1. The number of guanidine groups is 1. The van der Waals surface area contributed by atoms with Crippen molar-refractivity contribution in [2.45, 2.75) is 13.1 Å². The molecular formula is C16H22IN3O2. The van der Waals surface area contributed by atoms with Crippen LogP contribution in [0.5, 0.6) is 5.75 Å². The van der Waals surface area contributed by atoms with E-state index < -0.39 is 0 Å². The minimum absolute atomic E-state index is 0. The van der Waals surface area contributed by atoms with Crippen molar-refractivity contribution in [3.63, 3.8) is 0 Å². The SMILES string of the molecule is CN=C(NCc1ccco1)N(C)Cc1ccccc1OC.I. The fourth-order valence-corrected chi connectivity index (χ4v) is 2.13. The number of nitrogens with zero attached hydrogens (tertiary/aromatic N) is 2. The lowest BCUT2D eigenvalue weighted by Gasteiger charge is -2.22. The zero-order valence-corrected chi connectivity index (χ0v) is 15.4. The molecule has 22 heavy (non-hydrogen) atoms. The molecule has 0 unspecified atom stereocenters. The van der Waals surface area contributed by atoms with E-state index in [1.54, 1.807) is 20.4 Å². The molecule has 0 atom stereocenters. The van der Waals surface area contributed by atoms with Gasteiger partial charge in [-0.1, -0.05) is 18.2 Å². The van der Waals surface area contributed by atoms with Crippen LogP contribution in [0.2, 0.25) is 0 Å². The summed E-state index contributed by atoms with van der Waals surface area (Å²) in [4.78, 5) is 6.33. The van der Waals surface area contributed by atoms with Crippen LogP contribution < -0.4 is 10.1 Å². The lowest BCUT2D eigenvalue weighted by molar-refractivity contribution is 0.395. The van der Waals surface area contributed by atoms with Gasteiger partial charge in [-0.05, 0) is 18.2 Å². The number of hydrogen-bond donors (Lipinski definition) is 1. The zero-order valence-electron chi connectivity index (χ0n) is 13.1. The number of ether oxygens (including phenoxy) is 1. The predicted octanol–water partition coefficient (Wildman–Crippen LogP) is 3.11. The summed E-state index contributed by atoms with van der Waals surface area (Å²) in [6, 6.07) is 11.8. The number of para-hydroxylation sites is 1. The lowest BCUT2D eigenvalue weighted by atomic mass is 10.2. The highest BCUT2D eigenvalue weighted by molar-refractivity contribution is 14.0. The molecule has 2 aromatic rings. The van der Waals surface area contributed by atoms with Crippen molar-refractivity contribution in [1.29, 1.82) is 0 Å². The van der Waals surface area contributed by atoms with Gasteiger partial charge in [0.1, 0.15) is 11.5 Å². The van der Waals surface area contributed by atoms with E-state index in [4.69, 9.17) is 9.15 Å². The summed E-state index contributed by atoms with van der Waals surface area (Å²) in [5, 5.41) is 3.27. The summed E-state index contributed by atoms with van der Waals surface area (Å²) >= 11 is 0. The van der Waals surface area contributed by atoms with Crippen molar-refractivity contribution in [2.75, 3.05) is 21.2 Å². The number of aliphatic imine (C=N–C) groups is 1.